The number of methoxy groups -OCH3 is 1. The minimum absolute atomic E-state index is 0.00779. The number of carbonyl (C=O) groups excluding carboxylic acids is 2. The van der Waals surface area contributed by atoms with Crippen LogP contribution in [0.2, 0.25) is 0 Å². The summed E-state index contributed by atoms with van der Waals surface area (Å²) < 4.78 is 4.93. The van der Waals surface area contributed by atoms with E-state index in [2.05, 4.69) is 5.32 Å². The first-order valence-electron chi connectivity index (χ1n) is 5.17. The van der Waals surface area contributed by atoms with Crippen molar-refractivity contribution < 1.29 is 24.2 Å². The van der Waals surface area contributed by atoms with Crippen molar-refractivity contribution in [2.45, 2.75) is 0 Å². The number of ether oxygens (including phenoxy) is 1. The van der Waals surface area contributed by atoms with Gasteiger partial charge in [0.25, 0.3) is 11.1 Å². The van der Waals surface area contributed by atoms with E-state index in [1.165, 1.54) is 25.3 Å². The van der Waals surface area contributed by atoms with E-state index in [0.717, 1.165) is 11.8 Å². The predicted octanol–water partition coefficient (Wildman–Crippen LogP) is 1.72. The molecule has 98 valence electrons. The summed E-state index contributed by atoms with van der Waals surface area (Å²) in [5.41, 5.74) is 0.497. The molecule has 2 N–H and O–H groups in total. The molecule has 1 aliphatic rings. The summed E-state index contributed by atoms with van der Waals surface area (Å²) in [6.45, 7) is 0. The molecule has 0 aliphatic carbocycles. The van der Waals surface area contributed by atoms with Crippen LogP contribution >= 0.6 is 11.8 Å². The second-order valence-electron chi connectivity index (χ2n) is 3.62. The van der Waals surface area contributed by atoms with Crippen LogP contribution in [-0.2, 0) is 4.79 Å². The molecule has 0 radical (unpaired) electrons. The van der Waals surface area contributed by atoms with Gasteiger partial charge in [-0.1, -0.05) is 6.07 Å². The molecule has 7 heteroatoms. The molecule has 1 aliphatic heterocycles. The number of thioether (sulfide) groups is 1. The lowest BCUT2D eigenvalue weighted by Gasteiger charge is -2.05. The lowest BCUT2D eigenvalue weighted by molar-refractivity contribution is -0.115. The molecular formula is C12H9NO5S. The van der Waals surface area contributed by atoms with E-state index in [1.54, 1.807) is 6.07 Å². The summed E-state index contributed by atoms with van der Waals surface area (Å²) in [5, 5.41) is 10.7. The van der Waals surface area contributed by atoms with E-state index in [1.807, 2.05) is 0 Å². The summed E-state index contributed by atoms with van der Waals surface area (Å²) in [4.78, 5) is 33.7. The van der Waals surface area contributed by atoms with Crippen molar-refractivity contribution in [2.24, 2.45) is 0 Å². The largest absolute Gasteiger partial charge is 0.496 e. The summed E-state index contributed by atoms with van der Waals surface area (Å²) in [5.74, 6) is -1.38. The summed E-state index contributed by atoms with van der Waals surface area (Å²) in [6, 6.07) is 4.48. The van der Waals surface area contributed by atoms with Gasteiger partial charge < -0.3 is 9.84 Å². The molecule has 0 bridgehead atoms. The third-order valence-electron chi connectivity index (χ3n) is 2.39. The van der Waals surface area contributed by atoms with Gasteiger partial charge in [-0.15, -0.1) is 0 Å². The van der Waals surface area contributed by atoms with Gasteiger partial charge in [-0.05, 0) is 35.5 Å². The third kappa shape index (κ3) is 2.76. The highest BCUT2D eigenvalue weighted by Gasteiger charge is 2.25. The van der Waals surface area contributed by atoms with Crippen LogP contribution in [0.15, 0.2) is 23.1 Å². The van der Waals surface area contributed by atoms with Crippen LogP contribution in [0.25, 0.3) is 6.08 Å². The minimum Gasteiger partial charge on any atom is -0.496 e. The lowest BCUT2D eigenvalue weighted by atomic mass is 10.1. The second kappa shape index (κ2) is 5.15. The molecule has 2 amide bonds. The molecule has 1 aromatic carbocycles. The fourth-order valence-corrected chi connectivity index (χ4v) is 2.24. The number of benzene rings is 1. The Morgan fingerprint density at radius 3 is 2.68 bits per heavy atom. The zero-order valence-corrected chi connectivity index (χ0v) is 10.6. The molecular weight excluding hydrogens is 270 g/mol. The van der Waals surface area contributed by atoms with Gasteiger partial charge in [-0.3, -0.25) is 14.9 Å². The number of rotatable bonds is 3. The molecule has 0 atom stereocenters. The highest BCUT2D eigenvalue weighted by molar-refractivity contribution is 8.18. The summed E-state index contributed by atoms with van der Waals surface area (Å²) in [6.07, 6.45) is 1.46. The van der Waals surface area contributed by atoms with Crippen molar-refractivity contribution >= 4 is 35.0 Å². The Morgan fingerprint density at radius 1 is 1.42 bits per heavy atom. The number of aromatic carboxylic acids is 1. The van der Waals surface area contributed by atoms with Gasteiger partial charge in [0.05, 0.1) is 12.0 Å². The Bertz CT molecular complexity index is 608. The van der Waals surface area contributed by atoms with Crippen molar-refractivity contribution in [1.29, 1.82) is 0 Å². The van der Waals surface area contributed by atoms with E-state index < -0.39 is 17.1 Å². The molecule has 1 heterocycles. The minimum atomic E-state index is -1.13. The van der Waals surface area contributed by atoms with Crippen LogP contribution in [-0.4, -0.2) is 29.3 Å². The first kappa shape index (κ1) is 13.2. The number of carboxylic acids is 1. The van der Waals surface area contributed by atoms with E-state index >= 15 is 0 Å². The van der Waals surface area contributed by atoms with Crippen LogP contribution in [0, 0.1) is 0 Å². The SMILES string of the molecule is COc1ccc(/C=C2/SC(=O)NC2=O)cc1C(=O)O. The smallest absolute Gasteiger partial charge is 0.339 e. The van der Waals surface area contributed by atoms with Crippen LogP contribution < -0.4 is 10.1 Å². The zero-order valence-electron chi connectivity index (χ0n) is 9.80. The lowest BCUT2D eigenvalue weighted by Crippen LogP contribution is -2.17. The number of carboxylic acid groups (broad SMARTS) is 1. The molecule has 0 aromatic heterocycles. The molecule has 1 fully saturated rings. The molecule has 1 saturated heterocycles. The van der Waals surface area contributed by atoms with Crippen molar-refractivity contribution in [3.8, 4) is 5.75 Å². The number of hydrogen-bond donors (Lipinski definition) is 2. The third-order valence-corrected chi connectivity index (χ3v) is 3.20. The number of carbonyl (C=O) groups is 3. The number of imide groups is 1. The van der Waals surface area contributed by atoms with Gasteiger partial charge in [0.1, 0.15) is 11.3 Å². The van der Waals surface area contributed by atoms with Crippen molar-refractivity contribution in [3.63, 3.8) is 0 Å². The van der Waals surface area contributed by atoms with Crippen molar-refractivity contribution in [1.82, 2.24) is 5.32 Å². The maximum atomic E-state index is 11.4. The Labute approximate surface area is 112 Å². The highest BCUT2D eigenvalue weighted by Crippen LogP contribution is 2.27. The van der Waals surface area contributed by atoms with E-state index in [0.29, 0.717) is 5.56 Å². The van der Waals surface area contributed by atoms with Crippen LogP contribution in [0.5, 0.6) is 5.75 Å². The molecule has 2 rings (SSSR count). The zero-order chi connectivity index (χ0) is 14.0. The monoisotopic (exact) mass is 279 g/mol. The maximum absolute atomic E-state index is 11.4. The van der Waals surface area contributed by atoms with Crippen LogP contribution in [0.3, 0.4) is 0 Å². The van der Waals surface area contributed by atoms with Gasteiger partial charge in [-0.25, -0.2) is 4.79 Å². The Morgan fingerprint density at radius 2 is 2.16 bits per heavy atom. The Balaban J connectivity index is 2.39. The van der Waals surface area contributed by atoms with E-state index in [4.69, 9.17) is 9.84 Å². The molecule has 0 unspecified atom stereocenters. The van der Waals surface area contributed by atoms with E-state index in [9.17, 15) is 14.4 Å². The first-order chi connectivity index (χ1) is 9.01. The summed E-state index contributed by atoms with van der Waals surface area (Å²) >= 11 is 0.776. The van der Waals surface area contributed by atoms with Crippen molar-refractivity contribution in [2.75, 3.05) is 7.11 Å². The topological polar surface area (TPSA) is 92.7 Å². The molecule has 0 spiro atoms. The average molecular weight is 279 g/mol. The maximum Gasteiger partial charge on any atom is 0.339 e. The number of amides is 2. The first-order valence-corrected chi connectivity index (χ1v) is 5.99. The van der Waals surface area contributed by atoms with Crippen LogP contribution in [0.4, 0.5) is 4.79 Å². The van der Waals surface area contributed by atoms with Gasteiger partial charge in [-0.2, -0.15) is 0 Å². The molecule has 19 heavy (non-hydrogen) atoms. The van der Waals surface area contributed by atoms with Gasteiger partial charge in [0, 0.05) is 0 Å². The van der Waals surface area contributed by atoms with E-state index in [-0.39, 0.29) is 16.2 Å². The number of nitrogens with one attached hydrogen (secondary N) is 1. The quantitative estimate of drug-likeness (QED) is 0.818. The van der Waals surface area contributed by atoms with Crippen molar-refractivity contribution in [3.05, 3.63) is 34.2 Å². The highest BCUT2D eigenvalue weighted by atomic mass is 32.2. The number of hydrogen-bond acceptors (Lipinski definition) is 5. The predicted molar refractivity (Wildman–Crippen MR) is 69.1 cm³/mol. The Hall–Kier alpha value is -2.28. The Kier molecular flexibility index (Phi) is 3.57. The standard InChI is InChI=1S/C12H9NO5S/c1-18-8-3-2-6(4-7(8)11(15)16)5-9-10(14)13-12(17)19-9/h2-5H,1H3,(H,15,16)(H,13,14,17)/b9-5+. The fraction of sp³-hybridized carbons (Fsp3) is 0.0833. The average Bonchev–Trinajstić information content (AvgIpc) is 2.67. The summed E-state index contributed by atoms with van der Waals surface area (Å²) in [7, 11) is 1.37. The fourth-order valence-electron chi connectivity index (χ4n) is 1.55. The van der Waals surface area contributed by atoms with Gasteiger partial charge in [0.2, 0.25) is 0 Å². The second-order valence-corrected chi connectivity index (χ2v) is 4.63. The van der Waals surface area contributed by atoms with Gasteiger partial charge in [0.15, 0.2) is 0 Å². The molecule has 0 saturated carbocycles. The molecule has 1 aromatic rings. The normalized spacial score (nSPS) is 16.6. The van der Waals surface area contributed by atoms with Crippen LogP contribution in [0.1, 0.15) is 15.9 Å². The molecule has 6 nitrogen and oxygen atoms in total. The van der Waals surface area contributed by atoms with Gasteiger partial charge >= 0.3 is 5.97 Å².